The predicted octanol–water partition coefficient (Wildman–Crippen LogP) is -2.73. The van der Waals surface area contributed by atoms with E-state index in [0.29, 0.717) is 38.9 Å². The quantitative estimate of drug-likeness (QED) is 0.455. The molecule has 1 amide bonds. The molecule has 0 saturated carbocycles. The zero-order chi connectivity index (χ0) is 15.1. The number of likely N-dealkylation sites (tertiary alicyclic amines) is 1. The maximum atomic E-state index is 12.0. The normalized spacial score (nSPS) is 15.0. The van der Waals surface area contributed by atoms with E-state index in [0.717, 1.165) is 12.2 Å². The van der Waals surface area contributed by atoms with Crippen molar-refractivity contribution in [1.29, 1.82) is 0 Å². The van der Waals surface area contributed by atoms with E-state index in [1.807, 2.05) is 18.2 Å². The number of piperidine rings is 1. The molecule has 1 aliphatic rings. The summed E-state index contributed by atoms with van der Waals surface area (Å²) in [6.45, 7) is 1.73. The van der Waals surface area contributed by atoms with E-state index in [1.54, 1.807) is 11.1 Å². The van der Waals surface area contributed by atoms with Gasteiger partial charge in [0.15, 0.2) is 0 Å². The first-order valence-corrected chi connectivity index (χ1v) is 7.30. The van der Waals surface area contributed by atoms with Crippen molar-refractivity contribution in [3.8, 4) is 0 Å². The number of aromatic nitrogens is 1. The van der Waals surface area contributed by atoms with Crippen LogP contribution in [0, 0.1) is 5.92 Å². The largest absolute Gasteiger partial charge is 1.00 e. The summed E-state index contributed by atoms with van der Waals surface area (Å²) in [5.41, 5.74) is 0. The smallest absolute Gasteiger partial charge is 0.550 e. The Balaban J connectivity index is 0.00000242. The van der Waals surface area contributed by atoms with Crippen LogP contribution in [0.1, 0.15) is 25.7 Å². The Morgan fingerprint density at radius 2 is 2.05 bits per heavy atom. The first-order chi connectivity index (χ1) is 10.2. The second-order valence-corrected chi connectivity index (χ2v) is 5.22. The summed E-state index contributed by atoms with van der Waals surface area (Å²) in [6.07, 6.45) is 3.92. The molecule has 0 unspecified atom stereocenters. The van der Waals surface area contributed by atoms with Crippen LogP contribution in [-0.4, -0.2) is 41.4 Å². The Morgan fingerprint density at radius 1 is 1.32 bits per heavy atom. The van der Waals surface area contributed by atoms with Crippen LogP contribution in [0.25, 0.3) is 0 Å². The minimum Gasteiger partial charge on any atom is -0.550 e. The average molecular weight is 297 g/mol. The van der Waals surface area contributed by atoms with Gasteiger partial charge >= 0.3 is 18.9 Å². The first kappa shape index (κ1) is 18.5. The molecule has 1 aromatic rings. The molecule has 1 N–H and O–H groups in total. The van der Waals surface area contributed by atoms with Crippen molar-refractivity contribution in [2.45, 2.75) is 25.7 Å². The number of anilines is 1. The molecule has 0 bridgehead atoms. The monoisotopic (exact) mass is 297 g/mol. The molecule has 0 spiro atoms. The third-order valence-corrected chi connectivity index (χ3v) is 3.72. The van der Waals surface area contributed by atoms with Gasteiger partial charge < -0.3 is 20.1 Å². The van der Waals surface area contributed by atoms with Crippen LogP contribution in [0.5, 0.6) is 0 Å². The van der Waals surface area contributed by atoms with Crippen molar-refractivity contribution in [2.24, 2.45) is 5.92 Å². The van der Waals surface area contributed by atoms with Gasteiger partial charge in [-0.25, -0.2) is 4.98 Å². The van der Waals surface area contributed by atoms with E-state index < -0.39 is 11.9 Å². The molecule has 0 aromatic carbocycles. The van der Waals surface area contributed by atoms with E-state index in [-0.39, 0.29) is 24.8 Å². The third kappa shape index (κ3) is 5.70. The minimum atomic E-state index is -0.998. The summed E-state index contributed by atoms with van der Waals surface area (Å²) in [6, 6.07) is 5.64. The molecule has 1 fully saturated rings. The minimum absolute atomic E-state index is 0. The fourth-order valence-corrected chi connectivity index (χ4v) is 2.45. The number of carbonyl (C=O) groups excluding carboxylic acids is 2. The molecule has 1 aromatic heterocycles. The van der Waals surface area contributed by atoms with Gasteiger partial charge in [-0.15, -0.1) is 0 Å². The second-order valence-electron chi connectivity index (χ2n) is 5.22. The van der Waals surface area contributed by atoms with Crippen molar-refractivity contribution in [2.75, 3.05) is 25.0 Å². The number of nitrogens with one attached hydrogen (secondary N) is 1. The van der Waals surface area contributed by atoms with Crippen LogP contribution in [0.2, 0.25) is 0 Å². The van der Waals surface area contributed by atoms with Crippen LogP contribution in [0.4, 0.5) is 5.82 Å². The van der Waals surface area contributed by atoms with E-state index in [9.17, 15) is 14.7 Å². The molecule has 2 rings (SSSR count). The van der Waals surface area contributed by atoms with Crippen LogP contribution in [0.3, 0.4) is 0 Å². The van der Waals surface area contributed by atoms with Gasteiger partial charge in [0, 0.05) is 44.1 Å². The van der Waals surface area contributed by atoms with Crippen LogP contribution < -0.4 is 29.3 Å². The number of amides is 1. The maximum Gasteiger partial charge on any atom is 1.00 e. The van der Waals surface area contributed by atoms with Gasteiger partial charge in [-0.2, -0.15) is 0 Å². The van der Waals surface area contributed by atoms with Crippen molar-refractivity contribution in [3.05, 3.63) is 24.4 Å². The van der Waals surface area contributed by atoms with Crippen LogP contribution in [0.15, 0.2) is 24.4 Å². The van der Waals surface area contributed by atoms with E-state index in [2.05, 4.69) is 10.3 Å². The number of nitrogens with zero attached hydrogens (tertiary/aromatic N) is 2. The van der Waals surface area contributed by atoms with E-state index >= 15 is 0 Å². The standard InChI is InChI=1S/C15H21N3O3.Li/c19-14(18-10-6-12(7-11-18)15(20)21)5-3-9-17-13-4-1-2-8-16-13;/h1-2,4,8,12H,3,5-7,9-11H2,(H,16,17)(H,20,21);/q;+1/p-1. The Kier molecular flexibility index (Phi) is 8.00. The Labute approximate surface area is 142 Å². The van der Waals surface area contributed by atoms with E-state index in [4.69, 9.17) is 0 Å². The maximum absolute atomic E-state index is 12.0. The van der Waals surface area contributed by atoms with Gasteiger partial charge in [-0.3, -0.25) is 4.79 Å². The van der Waals surface area contributed by atoms with Crippen molar-refractivity contribution in [1.82, 2.24) is 9.88 Å². The van der Waals surface area contributed by atoms with Gasteiger partial charge in [0.25, 0.3) is 0 Å². The molecule has 7 heteroatoms. The number of carbonyl (C=O) groups is 2. The van der Waals surface area contributed by atoms with Gasteiger partial charge in [0.2, 0.25) is 5.91 Å². The number of hydrogen-bond donors (Lipinski definition) is 1. The summed E-state index contributed by atoms with van der Waals surface area (Å²) in [5.74, 6) is -0.504. The molecule has 1 saturated heterocycles. The van der Waals surface area contributed by atoms with Crippen molar-refractivity contribution >= 4 is 17.7 Å². The number of rotatable bonds is 6. The van der Waals surface area contributed by atoms with Gasteiger partial charge in [0.05, 0.1) is 0 Å². The fourth-order valence-electron chi connectivity index (χ4n) is 2.45. The molecular weight excluding hydrogens is 277 g/mol. The predicted molar refractivity (Wildman–Crippen MR) is 76.3 cm³/mol. The number of hydrogen-bond acceptors (Lipinski definition) is 5. The molecule has 114 valence electrons. The van der Waals surface area contributed by atoms with Crippen molar-refractivity contribution in [3.63, 3.8) is 0 Å². The summed E-state index contributed by atoms with van der Waals surface area (Å²) in [5, 5.41) is 13.9. The van der Waals surface area contributed by atoms with Crippen molar-refractivity contribution < 1.29 is 33.6 Å². The molecule has 0 radical (unpaired) electrons. The van der Waals surface area contributed by atoms with Crippen LogP contribution in [-0.2, 0) is 9.59 Å². The van der Waals surface area contributed by atoms with Crippen LogP contribution >= 0.6 is 0 Å². The third-order valence-electron chi connectivity index (χ3n) is 3.72. The summed E-state index contributed by atoms with van der Waals surface area (Å²) >= 11 is 0. The Morgan fingerprint density at radius 3 is 2.64 bits per heavy atom. The summed E-state index contributed by atoms with van der Waals surface area (Å²) in [4.78, 5) is 28.6. The number of pyridine rings is 1. The molecule has 6 nitrogen and oxygen atoms in total. The molecule has 22 heavy (non-hydrogen) atoms. The first-order valence-electron chi connectivity index (χ1n) is 7.30. The molecule has 0 atom stereocenters. The fraction of sp³-hybridized carbons (Fsp3) is 0.533. The van der Waals surface area contributed by atoms with E-state index in [1.165, 1.54) is 0 Å². The topological polar surface area (TPSA) is 85.4 Å². The molecule has 2 heterocycles. The van der Waals surface area contributed by atoms with Gasteiger partial charge in [0.1, 0.15) is 5.82 Å². The molecular formula is C15H20LiN3O3. The zero-order valence-corrected chi connectivity index (χ0v) is 13.0. The van der Waals surface area contributed by atoms with Gasteiger partial charge in [-0.05, 0) is 31.4 Å². The Bertz CT molecular complexity index is 476. The number of aliphatic carboxylic acids is 1. The summed E-state index contributed by atoms with van der Waals surface area (Å²) in [7, 11) is 0. The summed E-state index contributed by atoms with van der Waals surface area (Å²) < 4.78 is 0. The number of carboxylic acid groups (broad SMARTS) is 1. The number of carboxylic acids is 1. The zero-order valence-electron chi connectivity index (χ0n) is 13.0. The second kappa shape index (κ2) is 9.49. The Hall–Kier alpha value is -1.51. The molecule has 1 aliphatic heterocycles. The SMILES string of the molecule is O=C([O-])C1CCN(C(=O)CCCNc2ccccn2)CC1.[Li+]. The average Bonchev–Trinajstić information content (AvgIpc) is 2.52. The van der Waals surface area contributed by atoms with Gasteiger partial charge in [-0.1, -0.05) is 6.07 Å². The molecule has 0 aliphatic carbocycles.